The van der Waals surface area contributed by atoms with Crippen LogP contribution >= 0.6 is 0 Å². The molecule has 0 atom stereocenters. The van der Waals surface area contributed by atoms with Crippen molar-refractivity contribution in [2.75, 3.05) is 6.67 Å². The molecule has 0 unspecified atom stereocenters. The van der Waals surface area contributed by atoms with Crippen LogP contribution < -0.4 is 5.73 Å². The van der Waals surface area contributed by atoms with Gasteiger partial charge in [-0.15, -0.1) is 0 Å². The summed E-state index contributed by atoms with van der Waals surface area (Å²) in [6.45, 7) is 5.44. The molecule has 0 fully saturated rings. The Bertz CT molecular complexity index is 128. The Morgan fingerprint density at radius 2 is 2.00 bits per heavy atom. The lowest BCUT2D eigenvalue weighted by atomic mass is 10.1. The third-order valence-electron chi connectivity index (χ3n) is 1.22. The fraction of sp³-hybridized carbons (Fsp3) is 0.833. The lowest BCUT2D eigenvalue weighted by molar-refractivity contribution is 0.102. The number of carbonyl (C=O) groups is 1. The van der Waals surface area contributed by atoms with Gasteiger partial charge in [0.2, 0.25) is 0 Å². The number of rotatable bonds is 1. The van der Waals surface area contributed by atoms with Crippen LogP contribution in [0.3, 0.4) is 0 Å². The summed E-state index contributed by atoms with van der Waals surface area (Å²) in [5, 5.41) is 8.55. The average molecular weight is 146 g/mol. The maximum atomic E-state index is 10.4. The van der Waals surface area contributed by atoms with Crippen LogP contribution in [0.25, 0.3) is 0 Å². The van der Waals surface area contributed by atoms with Gasteiger partial charge < -0.3 is 10.8 Å². The predicted molar refractivity (Wildman–Crippen MR) is 38.7 cm³/mol. The summed E-state index contributed by atoms with van der Waals surface area (Å²) in [6, 6.07) is 0. The van der Waals surface area contributed by atoms with E-state index in [0.717, 1.165) is 0 Å². The van der Waals surface area contributed by atoms with E-state index in [0.29, 0.717) is 0 Å². The second-order valence-electron chi connectivity index (χ2n) is 3.06. The van der Waals surface area contributed by atoms with Gasteiger partial charge in [0.05, 0.1) is 6.67 Å². The minimum Gasteiger partial charge on any atom is -0.465 e. The number of hydrogen-bond acceptors (Lipinski definition) is 2. The first-order valence-corrected chi connectivity index (χ1v) is 3.10. The van der Waals surface area contributed by atoms with Crippen molar-refractivity contribution in [1.82, 2.24) is 4.90 Å². The predicted octanol–water partition coefficient (Wildman–Crippen LogP) is 0.681. The van der Waals surface area contributed by atoms with Crippen LogP contribution in [0, 0.1) is 0 Å². The molecule has 0 aromatic rings. The molecular weight excluding hydrogens is 132 g/mol. The Kier molecular flexibility index (Phi) is 2.65. The molecule has 0 radical (unpaired) electrons. The van der Waals surface area contributed by atoms with Crippen molar-refractivity contribution in [1.29, 1.82) is 0 Å². The molecule has 0 spiro atoms. The van der Waals surface area contributed by atoms with E-state index in [1.807, 2.05) is 0 Å². The highest BCUT2D eigenvalue weighted by atomic mass is 16.4. The van der Waals surface area contributed by atoms with E-state index in [1.54, 1.807) is 20.8 Å². The van der Waals surface area contributed by atoms with Gasteiger partial charge in [-0.1, -0.05) is 0 Å². The molecule has 1 amide bonds. The van der Waals surface area contributed by atoms with E-state index in [2.05, 4.69) is 0 Å². The first-order valence-electron chi connectivity index (χ1n) is 3.10. The molecule has 3 N–H and O–H groups in total. The molecule has 0 aromatic carbocycles. The van der Waals surface area contributed by atoms with E-state index in [-0.39, 0.29) is 6.67 Å². The summed E-state index contributed by atoms with van der Waals surface area (Å²) in [4.78, 5) is 11.6. The summed E-state index contributed by atoms with van der Waals surface area (Å²) >= 11 is 0. The molecule has 0 bridgehead atoms. The van der Waals surface area contributed by atoms with Gasteiger partial charge in [0, 0.05) is 5.54 Å². The van der Waals surface area contributed by atoms with Crippen molar-refractivity contribution in [3.63, 3.8) is 0 Å². The number of nitrogens with two attached hydrogens (primary N) is 1. The van der Waals surface area contributed by atoms with Gasteiger partial charge in [-0.05, 0) is 20.8 Å². The molecule has 0 aliphatic heterocycles. The molecule has 0 aliphatic rings. The quantitative estimate of drug-likeness (QED) is 0.534. The smallest absolute Gasteiger partial charge is 0.408 e. The highest BCUT2D eigenvalue weighted by Crippen LogP contribution is 2.10. The van der Waals surface area contributed by atoms with Crippen molar-refractivity contribution in [3.05, 3.63) is 0 Å². The summed E-state index contributed by atoms with van der Waals surface area (Å²) in [5.74, 6) is 0. The van der Waals surface area contributed by atoms with Crippen molar-refractivity contribution in [2.45, 2.75) is 26.3 Å². The Morgan fingerprint density at radius 3 is 2.00 bits per heavy atom. The molecule has 0 rings (SSSR count). The lowest BCUT2D eigenvalue weighted by Gasteiger charge is -2.31. The van der Waals surface area contributed by atoms with Crippen LogP contribution in [0.5, 0.6) is 0 Å². The van der Waals surface area contributed by atoms with Gasteiger partial charge in [0.1, 0.15) is 0 Å². The Hall–Kier alpha value is -0.770. The van der Waals surface area contributed by atoms with Crippen LogP contribution in [-0.2, 0) is 0 Å². The summed E-state index contributed by atoms with van der Waals surface area (Å²) in [5.41, 5.74) is 4.80. The Balaban J connectivity index is 4.22. The molecule has 4 heteroatoms. The van der Waals surface area contributed by atoms with Crippen molar-refractivity contribution in [2.24, 2.45) is 5.73 Å². The molecule has 0 aromatic heterocycles. The monoisotopic (exact) mass is 146 g/mol. The van der Waals surface area contributed by atoms with Gasteiger partial charge in [0.25, 0.3) is 0 Å². The summed E-state index contributed by atoms with van der Waals surface area (Å²) < 4.78 is 0. The third kappa shape index (κ3) is 2.23. The number of hydrogen-bond donors (Lipinski definition) is 2. The van der Waals surface area contributed by atoms with E-state index >= 15 is 0 Å². The average Bonchev–Trinajstić information content (AvgIpc) is 1.60. The molecule has 0 heterocycles. The first kappa shape index (κ1) is 9.23. The molecule has 4 nitrogen and oxygen atoms in total. The molecular formula is C6H14N2O2. The molecule has 0 saturated heterocycles. The van der Waals surface area contributed by atoms with Crippen LogP contribution in [0.2, 0.25) is 0 Å². The normalized spacial score (nSPS) is 11.2. The number of carboxylic acid groups (broad SMARTS) is 1. The minimum atomic E-state index is -0.977. The van der Waals surface area contributed by atoms with Crippen LogP contribution in [0.1, 0.15) is 20.8 Å². The second-order valence-corrected chi connectivity index (χ2v) is 3.06. The van der Waals surface area contributed by atoms with Crippen molar-refractivity contribution >= 4 is 6.09 Å². The molecule has 0 saturated carbocycles. The second kappa shape index (κ2) is 2.88. The highest BCUT2D eigenvalue weighted by molar-refractivity contribution is 5.65. The molecule has 10 heavy (non-hydrogen) atoms. The maximum absolute atomic E-state index is 10.4. The summed E-state index contributed by atoms with van der Waals surface area (Å²) in [6.07, 6.45) is -0.977. The van der Waals surface area contributed by atoms with E-state index in [4.69, 9.17) is 10.8 Å². The third-order valence-corrected chi connectivity index (χ3v) is 1.22. The van der Waals surface area contributed by atoms with E-state index < -0.39 is 11.6 Å². The number of amides is 1. The fourth-order valence-corrected chi connectivity index (χ4v) is 0.639. The lowest BCUT2D eigenvalue weighted by Crippen LogP contribution is -2.47. The van der Waals surface area contributed by atoms with Gasteiger partial charge >= 0.3 is 6.09 Å². The van der Waals surface area contributed by atoms with Crippen molar-refractivity contribution in [3.8, 4) is 0 Å². The zero-order valence-electron chi connectivity index (χ0n) is 6.59. The largest absolute Gasteiger partial charge is 0.465 e. The number of nitrogens with zero attached hydrogens (tertiary/aromatic N) is 1. The molecule has 0 aliphatic carbocycles. The van der Waals surface area contributed by atoms with Gasteiger partial charge in [-0.3, -0.25) is 4.90 Å². The van der Waals surface area contributed by atoms with Crippen LogP contribution in [0.4, 0.5) is 4.79 Å². The Morgan fingerprint density at radius 1 is 1.60 bits per heavy atom. The maximum Gasteiger partial charge on any atom is 0.408 e. The SMILES string of the molecule is CC(C)(C)N(CN)C(=O)O. The zero-order valence-corrected chi connectivity index (χ0v) is 6.59. The highest BCUT2D eigenvalue weighted by Gasteiger charge is 2.23. The van der Waals surface area contributed by atoms with Gasteiger partial charge in [-0.2, -0.15) is 0 Å². The zero-order chi connectivity index (χ0) is 8.36. The summed E-state index contributed by atoms with van der Waals surface area (Å²) in [7, 11) is 0. The van der Waals surface area contributed by atoms with Gasteiger partial charge in [0.15, 0.2) is 0 Å². The standard InChI is InChI=1S/C6H14N2O2/c1-6(2,3)8(4-7)5(9)10/h4,7H2,1-3H3,(H,9,10). The van der Waals surface area contributed by atoms with Crippen molar-refractivity contribution < 1.29 is 9.90 Å². The van der Waals surface area contributed by atoms with E-state index in [1.165, 1.54) is 4.90 Å². The topological polar surface area (TPSA) is 66.6 Å². The Labute approximate surface area is 60.6 Å². The fourth-order valence-electron chi connectivity index (χ4n) is 0.639. The minimum absolute atomic E-state index is 0.0405. The van der Waals surface area contributed by atoms with Gasteiger partial charge in [-0.25, -0.2) is 4.79 Å². The molecule has 60 valence electrons. The van der Waals surface area contributed by atoms with Crippen LogP contribution in [-0.4, -0.2) is 28.3 Å². The van der Waals surface area contributed by atoms with E-state index in [9.17, 15) is 4.79 Å². The van der Waals surface area contributed by atoms with Crippen LogP contribution in [0.15, 0.2) is 0 Å². The first-order chi connectivity index (χ1) is 4.39.